The predicted octanol–water partition coefficient (Wildman–Crippen LogP) is 2.67. The number of aromatic nitrogens is 2. The molecule has 1 atom stereocenters. The van der Waals surface area contributed by atoms with Gasteiger partial charge in [0.2, 0.25) is 11.8 Å². The highest BCUT2D eigenvalue weighted by Crippen LogP contribution is 2.27. The minimum atomic E-state index is -1.17. The van der Waals surface area contributed by atoms with E-state index in [1.807, 2.05) is 41.3 Å². The number of piperidine rings is 1. The zero-order valence-corrected chi connectivity index (χ0v) is 23.1. The number of likely N-dealkylation sites (tertiary alicyclic amines) is 1. The molecular formula is C30H38N6O4. The lowest BCUT2D eigenvalue weighted by Crippen LogP contribution is -2.56. The Bertz CT molecular complexity index is 1260. The summed E-state index contributed by atoms with van der Waals surface area (Å²) in [6, 6.07) is 18.9. The van der Waals surface area contributed by atoms with Gasteiger partial charge in [-0.25, -0.2) is 4.98 Å². The van der Waals surface area contributed by atoms with Gasteiger partial charge in [-0.1, -0.05) is 60.7 Å². The fourth-order valence-corrected chi connectivity index (χ4v) is 4.56. The van der Waals surface area contributed by atoms with E-state index >= 15 is 0 Å². The van der Waals surface area contributed by atoms with Gasteiger partial charge in [0.1, 0.15) is 12.6 Å². The van der Waals surface area contributed by atoms with Crippen LogP contribution in [-0.2, 0) is 32.3 Å². The first kappa shape index (κ1) is 29.0. The standard InChI is InChI=1S/C30H38N6O4/c1-30(2,31)29(39)33-25(20-40-19-22-9-5-3-6-10-22)28(38)34-26-17-35(21-32-26)18-27(37)36-15-13-24(14-16-36)23-11-7-4-8-12-23/h3-12,17,21,24-25H,13-16,18-20,31H2,1-2H3,(H,33,39)(H,34,38)/t25-/m1/s1. The van der Waals surface area contributed by atoms with E-state index in [2.05, 4.69) is 39.9 Å². The van der Waals surface area contributed by atoms with Crippen molar-refractivity contribution in [3.05, 3.63) is 84.3 Å². The van der Waals surface area contributed by atoms with Gasteiger partial charge in [0.05, 0.1) is 25.1 Å². The van der Waals surface area contributed by atoms with Crippen LogP contribution in [0.25, 0.3) is 0 Å². The molecule has 0 spiro atoms. The molecule has 1 saturated heterocycles. The van der Waals surface area contributed by atoms with Crippen LogP contribution >= 0.6 is 0 Å². The Morgan fingerprint density at radius 2 is 1.70 bits per heavy atom. The molecular weight excluding hydrogens is 508 g/mol. The van der Waals surface area contributed by atoms with Gasteiger partial charge in [0, 0.05) is 19.3 Å². The number of rotatable bonds is 11. The number of ether oxygens (including phenoxy) is 1. The number of nitrogens with zero attached hydrogens (tertiary/aromatic N) is 3. The lowest BCUT2D eigenvalue weighted by atomic mass is 9.89. The molecule has 4 rings (SSSR count). The largest absolute Gasteiger partial charge is 0.374 e. The fraction of sp³-hybridized carbons (Fsp3) is 0.400. The maximum absolute atomic E-state index is 13.1. The highest BCUT2D eigenvalue weighted by Gasteiger charge is 2.29. The third kappa shape index (κ3) is 8.24. The Morgan fingerprint density at radius 3 is 2.35 bits per heavy atom. The number of imidazole rings is 1. The number of benzene rings is 2. The highest BCUT2D eigenvalue weighted by atomic mass is 16.5. The molecule has 40 heavy (non-hydrogen) atoms. The van der Waals surface area contributed by atoms with E-state index in [1.165, 1.54) is 11.9 Å². The number of nitrogens with one attached hydrogen (secondary N) is 2. The van der Waals surface area contributed by atoms with E-state index in [0.717, 1.165) is 18.4 Å². The zero-order valence-electron chi connectivity index (χ0n) is 23.1. The van der Waals surface area contributed by atoms with Crippen LogP contribution in [0.15, 0.2) is 73.2 Å². The first-order chi connectivity index (χ1) is 19.2. The van der Waals surface area contributed by atoms with Gasteiger partial charge in [0.15, 0.2) is 5.82 Å². The number of anilines is 1. The smallest absolute Gasteiger partial charge is 0.250 e. The summed E-state index contributed by atoms with van der Waals surface area (Å²) in [5.74, 6) is -0.232. The van der Waals surface area contributed by atoms with Gasteiger partial charge in [-0.05, 0) is 43.7 Å². The summed E-state index contributed by atoms with van der Waals surface area (Å²) in [4.78, 5) is 44.6. The second-order valence-electron chi connectivity index (χ2n) is 10.7. The van der Waals surface area contributed by atoms with Gasteiger partial charge in [-0.2, -0.15) is 0 Å². The third-order valence-corrected chi connectivity index (χ3v) is 6.92. The molecule has 0 aliphatic carbocycles. The lowest BCUT2D eigenvalue weighted by molar-refractivity contribution is -0.133. The van der Waals surface area contributed by atoms with Crippen LogP contribution in [-0.4, -0.2) is 63.4 Å². The molecule has 0 saturated carbocycles. The summed E-state index contributed by atoms with van der Waals surface area (Å²) in [5.41, 5.74) is 7.00. The minimum Gasteiger partial charge on any atom is -0.374 e. The number of hydrogen-bond donors (Lipinski definition) is 3. The van der Waals surface area contributed by atoms with Crippen molar-refractivity contribution in [1.29, 1.82) is 0 Å². The van der Waals surface area contributed by atoms with Crippen LogP contribution in [0, 0.1) is 0 Å². The quantitative estimate of drug-likeness (QED) is 0.339. The molecule has 2 aromatic carbocycles. The summed E-state index contributed by atoms with van der Waals surface area (Å²) in [6.45, 7) is 4.89. The van der Waals surface area contributed by atoms with Crippen LogP contribution < -0.4 is 16.4 Å². The molecule has 1 aliphatic heterocycles. The molecule has 0 bridgehead atoms. The summed E-state index contributed by atoms with van der Waals surface area (Å²) in [7, 11) is 0. The van der Waals surface area contributed by atoms with Crippen molar-refractivity contribution in [2.45, 2.75) is 57.3 Å². The Kier molecular flexibility index (Phi) is 9.68. The van der Waals surface area contributed by atoms with Crippen molar-refractivity contribution in [2.75, 3.05) is 25.0 Å². The van der Waals surface area contributed by atoms with E-state index in [1.54, 1.807) is 24.6 Å². The molecule has 1 fully saturated rings. The minimum absolute atomic E-state index is 0.00594. The van der Waals surface area contributed by atoms with Gasteiger partial charge in [-0.3, -0.25) is 14.4 Å². The van der Waals surface area contributed by atoms with Gasteiger partial charge < -0.3 is 30.6 Å². The maximum Gasteiger partial charge on any atom is 0.250 e. The van der Waals surface area contributed by atoms with E-state index in [0.29, 0.717) is 19.0 Å². The van der Waals surface area contributed by atoms with Crippen LogP contribution in [0.4, 0.5) is 5.82 Å². The monoisotopic (exact) mass is 546 g/mol. The first-order valence-corrected chi connectivity index (χ1v) is 13.6. The average Bonchev–Trinajstić information content (AvgIpc) is 3.39. The second kappa shape index (κ2) is 13.4. The van der Waals surface area contributed by atoms with Crippen molar-refractivity contribution in [1.82, 2.24) is 19.8 Å². The van der Waals surface area contributed by atoms with Gasteiger partial charge in [-0.15, -0.1) is 0 Å². The maximum atomic E-state index is 13.1. The van der Waals surface area contributed by atoms with Crippen LogP contribution in [0.2, 0.25) is 0 Å². The van der Waals surface area contributed by atoms with E-state index < -0.39 is 23.4 Å². The van der Waals surface area contributed by atoms with Crippen LogP contribution in [0.3, 0.4) is 0 Å². The van der Waals surface area contributed by atoms with Crippen LogP contribution in [0.1, 0.15) is 43.7 Å². The fourth-order valence-electron chi connectivity index (χ4n) is 4.56. The topological polar surface area (TPSA) is 132 Å². The molecule has 1 aliphatic rings. The first-order valence-electron chi connectivity index (χ1n) is 13.6. The summed E-state index contributed by atoms with van der Waals surface area (Å²) < 4.78 is 7.37. The van der Waals surface area contributed by atoms with E-state index in [4.69, 9.17) is 10.5 Å². The summed E-state index contributed by atoms with van der Waals surface area (Å²) in [6.07, 6.45) is 4.97. The number of amides is 3. The average molecular weight is 547 g/mol. The van der Waals surface area contributed by atoms with Crippen LogP contribution in [0.5, 0.6) is 0 Å². The lowest BCUT2D eigenvalue weighted by Gasteiger charge is -2.32. The Hall–Kier alpha value is -4.02. The number of hydrogen-bond acceptors (Lipinski definition) is 6. The van der Waals surface area contributed by atoms with Crippen molar-refractivity contribution in [3.63, 3.8) is 0 Å². The van der Waals surface area contributed by atoms with Crippen molar-refractivity contribution in [2.24, 2.45) is 5.73 Å². The van der Waals surface area contributed by atoms with Gasteiger partial charge >= 0.3 is 0 Å². The highest BCUT2D eigenvalue weighted by molar-refractivity contribution is 5.98. The molecule has 212 valence electrons. The predicted molar refractivity (Wildman–Crippen MR) is 152 cm³/mol. The Labute approximate surface area is 234 Å². The number of carbonyl (C=O) groups excluding carboxylic acids is 3. The zero-order chi connectivity index (χ0) is 28.5. The molecule has 1 aromatic heterocycles. The third-order valence-electron chi connectivity index (χ3n) is 6.92. The molecule has 3 amide bonds. The summed E-state index contributed by atoms with van der Waals surface area (Å²) >= 11 is 0. The molecule has 0 radical (unpaired) electrons. The van der Waals surface area contributed by atoms with Gasteiger partial charge in [0.25, 0.3) is 5.91 Å². The van der Waals surface area contributed by atoms with E-state index in [-0.39, 0.29) is 31.5 Å². The number of nitrogens with two attached hydrogens (primary N) is 1. The van der Waals surface area contributed by atoms with Crippen molar-refractivity contribution in [3.8, 4) is 0 Å². The van der Waals surface area contributed by atoms with Crippen molar-refractivity contribution < 1.29 is 19.1 Å². The molecule has 0 unspecified atom stereocenters. The normalized spacial score (nSPS) is 14.9. The molecule has 3 aromatic rings. The Morgan fingerprint density at radius 1 is 1.05 bits per heavy atom. The molecule has 10 nitrogen and oxygen atoms in total. The molecule has 4 N–H and O–H groups in total. The SMILES string of the molecule is CC(C)(N)C(=O)N[C@H](COCc1ccccc1)C(=O)Nc1cn(CC(=O)N2CCC(c3ccccc3)CC2)cn1. The Balaban J connectivity index is 1.30. The second-order valence-corrected chi connectivity index (χ2v) is 10.7. The summed E-state index contributed by atoms with van der Waals surface area (Å²) in [5, 5.41) is 5.38. The molecule has 10 heteroatoms. The van der Waals surface area contributed by atoms with Crippen molar-refractivity contribution >= 4 is 23.5 Å². The van der Waals surface area contributed by atoms with E-state index in [9.17, 15) is 14.4 Å². The molecule has 2 heterocycles. The number of carbonyl (C=O) groups is 3.